The van der Waals surface area contributed by atoms with E-state index in [1.165, 1.54) is 62.3 Å². The topological polar surface area (TPSA) is 455 Å². The van der Waals surface area contributed by atoms with Crippen LogP contribution >= 0.6 is 42.3 Å². The predicted octanol–water partition coefficient (Wildman–Crippen LogP) is 5.53. The second-order valence-corrected chi connectivity index (χ2v) is 28.3. The molecule has 0 radical (unpaired) electrons. The number of aliphatic carboxylic acids is 1. The number of thioether (sulfide) groups is 1. The van der Waals surface area contributed by atoms with Gasteiger partial charge in [0.15, 0.2) is 0 Å². The number of anilines is 2. The fraction of sp³-hybridized carbons (Fsp3) is 0.360. The summed E-state index contributed by atoms with van der Waals surface area (Å²) in [5.74, 6) is -6.60. The number of sulfonamides is 2. The summed E-state index contributed by atoms with van der Waals surface area (Å²) in [6.45, 7) is -4.47. The van der Waals surface area contributed by atoms with Crippen LogP contribution in [0.3, 0.4) is 0 Å². The number of hydrogen-bond donors (Lipinski definition) is 8. The van der Waals surface area contributed by atoms with Crippen molar-refractivity contribution in [3.63, 3.8) is 0 Å². The first-order valence-corrected chi connectivity index (χ1v) is 35.7. The van der Waals surface area contributed by atoms with E-state index in [9.17, 15) is 90.2 Å². The molecule has 1 atom stereocenters. The number of carboxylic acid groups (broad SMARTS) is 2. The van der Waals surface area contributed by atoms with Gasteiger partial charge >= 0.3 is 60.3 Å². The number of fused-ring (bicyclic) bond motifs is 1. The van der Waals surface area contributed by atoms with E-state index in [1.807, 2.05) is 5.32 Å². The third-order valence-corrected chi connectivity index (χ3v) is 16.3. The molecule has 0 aliphatic carbocycles. The molecule has 7 rings (SSSR count). The Labute approximate surface area is 560 Å². The highest BCUT2D eigenvalue weighted by atomic mass is 35.5. The molecule has 1 aliphatic rings. The predicted molar refractivity (Wildman–Crippen MR) is 330 cm³/mol. The Morgan fingerprint density at radius 2 is 1.35 bits per heavy atom. The molecule has 1 unspecified atom stereocenters. The Bertz CT molecular complexity index is 4110. The van der Waals surface area contributed by atoms with Crippen molar-refractivity contribution in [2.45, 2.75) is 79.8 Å². The standard InChI is InChI=1S/C15H15ClFN3O3S2.C15H16F3N5O4S.C14H10F4N4O7S.C3H8NO5P.C3H9S/c1-23-13(21)8-24-12-7-11(10(17)6-9(12)16)18-14-19-4-2-3-5-20(19)15(22)25-14;1-9-19-12(22-14(20-9)27-2)21-13(24)23-28(25,26)11-6-4-3-5-10(11)7-8-15(16,17)18;15-11(16)28-8-5-9(29-12(17)18)20-13(19-8)21-14(25)22-30(26,27)7-4-2-1-3-6(7)10(23)24;5-3(6)1-4-2-10(7,8)9;1-4(2)3/h6-7H,2-5,8H2,1H3;3-6H,7-8H2,1-2H3,(H2,19,20,21,22,23,24);1-5,11-12H,(H,23,24)(H2,19,20,21,22,25);4H,1-2H2,(H,5,6)(H2,7,8,9);1-3H3/q;;;;+1/p-1. The van der Waals surface area contributed by atoms with Gasteiger partial charge in [-0.15, -0.1) is 11.8 Å². The van der Waals surface area contributed by atoms with Crippen LogP contribution in [-0.4, -0.2) is 167 Å². The van der Waals surface area contributed by atoms with E-state index in [4.69, 9.17) is 31.4 Å². The third-order valence-electron chi connectivity index (χ3n) is 10.5. The minimum atomic E-state index is -4.71. The Morgan fingerprint density at radius 3 is 1.87 bits per heavy atom. The van der Waals surface area contributed by atoms with Gasteiger partial charge in [0, 0.05) is 24.4 Å². The van der Waals surface area contributed by atoms with E-state index in [2.05, 4.69) is 68.2 Å². The summed E-state index contributed by atoms with van der Waals surface area (Å²) < 4.78 is 184. The van der Waals surface area contributed by atoms with Crippen LogP contribution in [0.2, 0.25) is 5.02 Å². The van der Waals surface area contributed by atoms with Gasteiger partial charge in [0.1, 0.15) is 29.8 Å². The molecule has 0 saturated heterocycles. The smallest absolute Gasteiger partial charge is 0.389 e. The Balaban J connectivity index is 0.000000345. The van der Waals surface area contributed by atoms with Gasteiger partial charge in [0.05, 0.1) is 73.1 Å². The van der Waals surface area contributed by atoms with Gasteiger partial charge in [0.25, 0.3) is 20.0 Å². The van der Waals surface area contributed by atoms with E-state index >= 15 is 0 Å². The van der Waals surface area contributed by atoms with Gasteiger partial charge in [-0.3, -0.25) is 35.0 Å². The maximum atomic E-state index is 14.3. The molecule has 0 bridgehead atoms. The number of hydrogen-bond acceptors (Lipinski definition) is 25. The largest absolute Gasteiger partial charge is 0.778 e. The number of methoxy groups -OCH3 is 2. The number of aromatic carboxylic acids is 1. The number of esters is 1. The summed E-state index contributed by atoms with van der Waals surface area (Å²) in [6.07, 6.45) is 1.57. The number of nitrogens with zero attached hydrogens (tertiary/aromatic N) is 8. The van der Waals surface area contributed by atoms with Crippen LogP contribution in [0.1, 0.15) is 41.0 Å². The van der Waals surface area contributed by atoms with E-state index in [0.29, 0.717) is 39.7 Å². The molecule has 0 fully saturated rings. The van der Waals surface area contributed by atoms with Crippen LogP contribution in [0.5, 0.6) is 17.8 Å². The molecule has 0 saturated carbocycles. The minimum Gasteiger partial charge on any atom is -0.778 e. The molecule has 1 aliphatic heterocycles. The number of aryl methyl sites for hydroxylation is 2. The number of carboxylic acids is 2. The van der Waals surface area contributed by atoms with E-state index in [-0.39, 0.29) is 44.7 Å². The Kier molecular flexibility index (Phi) is 33.0. The van der Waals surface area contributed by atoms with Crippen molar-refractivity contribution >= 4 is 121 Å². The van der Waals surface area contributed by atoms with Gasteiger partial charge in [0.2, 0.25) is 28.5 Å². The van der Waals surface area contributed by atoms with Crippen molar-refractivity contribution in [3.8, 4) is 17.8 Å². The lowest BCUT2D eigenvalue weighted by Crippen LogP contribution is -2.35. The van der Waals surface area contributed by atoms with Crippen LogP contribution in [0.4, 0.5) is 62.3 Å². The molecule has 47 heteroatoms. The van der Waals surface area contributed by atoms with Gasteiger partial charge in [-0.05, 0) is 84.3 Å². The van der Waals surface area contributed by atoms with Crippen molar-refractivity contribution in [1.29, 1.82) is 0 Å². The molecule has 534 valence electrons. The number of rotatable bonds is 22. The first kappa shape index (κ1) is 82.9. The summed E-state index contributed by atoms with van der Waals surface area (Å²) in [4.78, 5) is 108. The lowest BCUT2D eigenvalue weighted by molar-refractivity contribution is -0.193. The highest BCUT2D eigenvalue weighted by Gasteiger charge is 2.30. The zero-order chi connectivity index (χ0) is 73.2. The highest BCUT2D eigenvalue weighted by Crippen LogP contribution is 2.34. The highest BCUT2D eigenvalue weighted by molar-refractivity contribution is 8.00. The van der Waals surface area contributed by atoms with Crippen molar-refractivity contribution in [2.75, 3.05) is 62.2 Å². The number of urea groups is 2. The zero-order valence-corrected chi connectivity index (χ0v) is 56.4. The monoisotopic (exact) mass is 1520 g/mol. The van der Waals surface area contributed by atoms with Crippen molar-refractivity contribution in [3.05, 3.63) is 109 Å². The fourth-order valence-electron chi connectivity index (χ4n) is 6.84. The maximum Gasteiger partial charge on any atom is 0.389 e. The number of carbonyl (C=O) groups excluding carboxylic acids is 3. The number of carbonyl (C=O) groups is 5. The van der Waals surface area contributed by atoms with Crippen LogP contribution < -0.4 is 54.2 Å². The number of nitrogens with one attached hydrogen (secondary N) is 5. The van der Waals surface area contributed by atoms with Crippen molar-refractivity contribution in [1.82, 2.24) is 49.0 Å². The van der Waals surface area contributed by atoms with Gasteiger partial charge in [-0.25, -0.2) is 54.7 Å². The number of ether oxygens (including phenoxy) is 4. The third kappa shape index (κ3) is 30.8. The first-order chi connectivity index (χ1) is 45.1. The number of aromatic nitrogens is 7. The summed E-state index contributed by atoms with van der Waals surface area (Å²) >= 11 is 8.17. The molecule has 32 nitrogen and oxygen atoms in total. The molecule has 3 aromatic heterocycles. The van der Waals surface area contributed by atoms with E-state index in [1.54, 1.807) is 19.4 Å². The quantitative estimate of drug-likeness (QED) is 0.0136. The Hall–Kier alpha value is -8.30. The molecular weight excluding hydrogens is 1470 g/mol. The molecule has 6 aromatic rings. The van der Waals surface area contributed by atoms with Gasteiger partial charge in [-0.1, -0.05) is 41.9 Å². The zero-order valence-electron chi connectivity index (χ0n) is 50.7. The molecule has 8 N–H and O–H groups in total. The minimum absolute atomic E-state index is 0.0605. The number of benzene rings is 3. The van der Waals surface area contributed by atoms with Crippen LogP contribution in [-0.2, 0) is 69.3 Å². The fourth-order valence-corrected chi connectivity index (χ4v) is 11.5. The second-order valence-electron chi connectivity index (χ2n) is 18.6. The molecule has 4 amide bonds. The summed E-state index contributed by atoms with van der Waals surface area (Å²) in [5, 5.41) is 23.0. The molecule has 0 spiro atoms. The van der Waals surface area contributed by atoms with Crippen molar-refractivity contribution in [2.24, 2.45) is 4.99 Å². The molecule has 97 heavy (non-hydrogen) atoms. The summed E-state index contributed by atoms with van der Waals surface area (Å²) in [6, 6.07) is 9.68. The average molecular weight is 1520 g/mol. The normalized spacial score (nSPS) is 12.6. The van der Waals surface area contributed by atoms with Crippen LogP contribution in [0, 0.1) is 12.7 Å². The first-order valence-electron chi connectivity index (χ1n) is 26.3. The number of halogens is 9. The lowest BCUT2D eigenvalue weighted by atomic mass is 10.1. The summed E-state index contributed by atoms with van der Waals surface area (Å²) in [7, 11) is -10.3. The van der Waals surface area contributed by atoms with Gasteiger partial charge < -0.3 is 43.5 Å². The van der Waals surface area contributed by atoms with Crippen LogP contribution in [0.15, 0.2) is 91.2 Å². The number of amides is 4. The number of alkyl halides is 7. The SMILES string of the molecule is COC(=O)CSc1cc(N=c2sc(=O)n3n2CCCC3)c(F)cc1Cl.COc1nc(C)nc(NC(=O)NS(=O)(=O)c2ccccc2CCC(F)(F)F)n1.C[S+](C)C.O=C(Nc1nc(OC(F)F)cc(OC(F)F)n1)NS(=O)(=O)c1ccccc1C(=O)O.O=C(O)CNCP(=O)([O-])O. The second kappa shape index (κ2) is 38.6. The van der Waals surface area contributed by atoms with Gasteiger partial charge in [-0.2, -0.15) is 55.7 Å². The van der Waals surface area contributed by atoms with Crippen molar-refractivity contribution < 1.29 is 119 Å². The Morgan fingerprint density at radius 1 is 0.825 bits per heavy atom. The van der Waals surface area contributed by atoms with Crippen LogP contribution in [0.25, 0.3) is 0 Å². The average Bonchev–Trinajstić information content (AvgIpc) is 1.80. The lowest BCUT2D eigenvalue weighted by Gasteiger charge is -2.15. The summed E-state index contributed by atoms with van der Waals surface area (Å²) in [5.41, 5.74) is -0.633. The molecule has 3 aromatic carbocycles. The molecular formula is C50H57ClF8N13O19PS5. The van der Waals surface area contributed by atoms with E-state index in [0.717, 1.165) is 60.2 Å². The van der Waals surface area contributed by atoms with E-state index < -0.39 is 142 Å². The molecule has 4 heterocycles. The maximum absolute atomic E-state index is 14.3.